The van der Waals surface area contributed by atoms with E-state index in [1.807, 2.05) is 24.3 Å². The van der Waals surface area contributed by atoms with E-state index in [4.69, 9.17) is 14.2 Å². The molecule has 0 aliphatic carbocycles. The lowest BCUT2D eigenvalue weighted by atomic mass is 10.1. The molecule has 2 N–H and O–H groups in total. The van der Waals surface area contributed by atoms with Gasteiger partial charge in [0, 0.05) is 18.2 Å². The van der Waals surface area contributed by atoms with E-state index >= 15 is 0 Å². The van der Waals surface area contributed by atoms with Crippen molar-refractivity contribution in [1.29, 1.82) is 0 Å². The van der Waals surface area contributed by atoms with E-state index in [0.29, 0.717) is 36.6 Å². The molecule has 2 amide bonds. The number of methoxy groups -OCH3 is 1. The predicted molar refractivity (Wildman–Crippen MR) is 106 cm³/mol. The van der Waals surface area contributed by atoms with Crippen molar-refractivity contribution in [2.75, 3.05) is 24.4 Å². The van der Waals surface area contributed by atoms with E-state index in [0.717, 1.165) is 11.5 Å². The molecule has 0 spiro atoms. The highest BCUT2D eigenvalue weighted by Gasteiger charge is 2.35. The van der Waals surface area contributed by atoms with E-state index in [9.17, 15) is 9.59 Å². The van der Waals surface area contributed by atoms with Crippen molar-refractivity contribution >= 4 is 23.2 Å². The lowest BCUT2D eigenvalue weighted by molar-refractivity contribution is -0.129. The Bertz CT molecular complexity index is 862. The molecule has 1 heterocycles. The molecule has 148 valence electrons. The fourth-order valence-electron chi connectivity index (χ4n) is 2.70. The predicted octanol–water partition coefficient (Wildman–Crippen LogP) is 3.60. The molecule has 0 unspecified atom stereocenters. The van der Waals surface area contributed by atoms with Gasteiger partial charge in [-0.2, -0.15) is 0 Å². The van der Waals surface area contributed by atoms with Crippen LogP contribution in [-0.4, -0.2) is 31.1 Å². The molecule has 0 bridgehead atoms. The maximum atomic E-state index is 12.2. The third-order valence-corrected chi connectivity index (χ3v) is 4.30. The molecule has 2 aromatic rings. The third kappa shape index (κ3) is 4.73. The number of benzene rings is 2. The van der Waals surface area contributed by atoms with Gasteiger partial charge >= 0.3 is 0 Å². The molecule has 0 saturated carbocycles. The van der Waals surface area contributed by atoms with Gasteiger partial charge < -0.3 is 24.8 Å². The highest BCUT2D eigenvalue weighted by atomic mass is 16.5. The summed E-state index contributed by atoms with van der Waals surface area (Å²) >= 11 is 0. The van der Waals surface area contributed by atoms with Crippen LogP contribution in [0.4, 0.5) is 11.4 Å². The Hall–Kier alpha value is -3.22. The van der Waals surface area contributed by atoms with E-state index in [1.165, 1.54) is 0 Å². The average Bonchev–Trinajstić information content (AvgIpc) is 2.66. The van der Waals surface area contributed by atoms with Crippen molar-refractivity contribution in [3.63, 3.8) is 0 Å². The summed E-state index contributed by atoms with van der Waals surface area (Å²) in [6.07, 6.45) is 0.915. The Morgan fingerprint density at radius 3 is 2.57 bits per heavy atom. The van der Waals surface area contributed by atoms with Crippen molar-refractivity contribution < 1.29 is 23.8 Å². The van der Waals surface area contributed by atoms with Crippen LogP contribution >= 0.6 is 0 Å². The van der Waals surface area contributed by atoms with Crippen molar-refractivity contribution in [1.82, 2.24) is 0 Å². The van der Waals surface area contributed by atoms with Gasteiger partial charge in [0.2, 0.25) is 5.91 Å². The quantitative estimate of drug-likeness (QED) is 0.713. The highest BCUT2D eigenvalue weighted by Crippen LogP contribution is 2.35. The van der Waals surface area contributed by atoms with Gasteiger partial charge in [-0.15, -0.1) is 0 Å². The first kappa shape index (κ1) is 19.5. The fraction of sp³-hybridized carbons (Fsp3) is 0.333. The Morgan fingerprint density at radius 2 is 1.86 bits per heavy atom. The molecule has 0 saturated heterocycles. The number of hydrogen-bond acceptors (Lipinski definition) is 5. The van der Waals surface area contributed by atoms with Crippen LogP contribution < -0.4 is 24.8 Å². The number of rotatable bonds is 7. The monoisotopic (exact) mass is 384 g/mol. The summed E-state index contributed by atoms with van der Waals surface area (Å²) in [5.41, 5.74) is 0.260. The van der Waals surface area contributed by atoms with Crippen molar-refractivity contribution in [2.45, 2.75) is 32.3 Å². The van der Waals surface area contributed by atoms with E-state index in [2.05, 4.69) is 10.6 Å². The molecular formula is C21H24N2O5. The average molecular weight is 384 g/mol. The molecule has 0 aromatic heterocycles. The van der Waals surface area contributed by atoms with Crippen LogP contribution in [0.1, 0.15) is 26.7 Å². The van der Waals surface area contributed by atoms with E-state index in [-0.39, 0.29) is 11.8 Å². The van der Waals surface area contributed by atoms with Gasteiger partial charge in [-0.25, -0.2) is 0 Å². The third-order valence-electron chi connectivity index (χ3n) is 4.30. The second-order valence-electron chi connectivity index (χ2n) is 6.95. The minimum absolute atomic E-state index is 0.114. The Morgan fingerprint density at radius 1 is 1.14 bits per heavy atom. The molecule has 0 atom stereocenters. The summed E-state index contributed by atoms with van der Waals surface area (Å²) in [7, 11) is 1.61. The van der Waals surface area contributed by atoms with Crippen LogP contribution in [0.25, 0.3) is 0 Å². The number of carbonyl (C=O) groups is 2. The van der Waals surface area contributed by atoms with Gasteiger partial charge in [0.25, 0.3) is 5.91 Å². The summed E-state index contributed by atoms with van der Waals surface area (Å²) in [5, 5.41) is 5.63. The molecule has 7 heteroatoms. The van der Waals surface area contributed by atoms with Crippen LogP contribution in [0.5, 0.6) is 17.2 Å². The smallest absolute Gasteiger partial charge is 0.268 e. The summed E-state index contributed by atoms with van der Waals surface area (Å²) in [5.74, 6) is 1.72. The number of anilines is 2. The Kier molecular flexibility index (Phi) is 5.73. The van der Waals surface area contributed by atoms with E-state index < -0.39 is 5.60 Å². The molecule has 28 heavy (non-hydrogen) atoms. The Labute approximate surface area is 164 Å². The van der Waals surface area contributed by atoms with Crippen molar-refractivity contribution in [3.05, 3.63) is 42.5 Å². The standard InChI is InChI=1S/C21H24N2O5/c1-21(2)20(25)23-17-11-6-14(13-18(17)28-21)22-19(24)5-4-12-27-16-9-7-15(26-3)8-10-16/h6-11,13H,4-5,12H2,1-3H3,(H,22,24)(H,23,25). The number of ether oxygens (including phenoxy) is 3. The number of fused-ring (bicyclic) bond motifs is 1. The highest BCUT2D eigenvalue weighted by molar-refractivity contribution is 6.01. The zero-order valence-electron chi connectivity index (χ0n) is 16.2. The van der Waals surface area contributed by atoms with Crippen LogP contribution in [0.3, 0.4) is 0 Å². The van der Waals surface area contributed by atoms with Gasteiger partial charge in [-0.3, -0.25) is 9.59 Å². The molecule has 0 radical (unpaired) electrons. The molecule has 2 aromatic carbocycles. The largest absolute Gasteiger partial charge is 0.497 e. The summed E-state index contributed by atoms with van der Waals surface area (Å²) < 4.78 is 16.4. The minimum Gasteiger partial charge on any atom is -0.497 e. The summed E-state index contributed by atoms with van der Waals surface area (Å²) in [6, 6.07) is 12.5. The van der Waals surface area contributed by atoms with Crippen molar-refractivity contribution in [2.24, 2.45) is 0 Å². The Balaban J connectivity index is 1.46. The molecule has 0 fully saturated rings. The topological polar surface area (TPSA) is 85.9 Å². The second-order valence-corrected chi connectivity index (χ2v) is 6.95. The minimum atomic E-state index is -0.950. The summed E-state index contributed by atoms with van der Waals surface area (Å²) in [6.45, 7) is 3.83. The maximum absolute atomic E-state index is 12.2. The normalized spacial score (nSPS) is 14.3. The zero-order valence-corrected chi connectivity index (χ0v) is 16.2. The van der Waals surface area contributed by atoms with Gasteiger partial charge in [-0.1, -0.05) is 0 Å². The molecule has 1 aliphatic rings. The zero-order chi connectivity index (χ0) is 20.1. The van der Waals surface area contributed by atoms with Gasteiger partial charge in [0.1, 0.15) is 17.2 Å². The first-order valence-corrected chi connectivity index (χ1v) is 9.08. The number of amides is 2. The maximum Gasteiger partial charge on any atom is 0.268 e. The number of nitrogens with one attached hydrogen (secondary N) is 2. The number of hydrogen-bond donors (Lipinski definition) is 2. The van der Waals surface area contributed by atoms with Gasteiger partial charge in [0.15, 0.2) is 5.60 Å². The van der Waals surface area contributed by atoms with Gasteiger partial charge in [-0.05, 0) is 56.7 Å². The van der Waals surface area contributed by atoms with Crippen LogP contribution in [0, 0.1) is 0 Å². The van der Waals surface area contributed by atoms with E-state index in [1.54, 1.807) is 39.2 Å². The molecule has 7 nitrogen and oxygen atoms in total. The lowest BCUT2D eigenvalue weighted by Gasteiger charge is -2.31. The van der Waals surface area contributed by atoms with Crippen molar-refractivity contribution in [3.8, 4) is 17.2 Å². The number of carbonyl (C=O) groups excluding carboxylic acids is 2. The molecule has 3 rings (SSSR count). The van der Waals surface area contributed by atoms with Gasteiger partial charge in [0.05, 0.1) is 19.4 Å². The lowest BCUT2D eigenvalue weighted by Crippen LogP contribution is -2.45. The second kappa shape index (κ2) is 8.21. The molecular weight excluding hydrogens is 360 g/mol. The van der Waals surface area contributed by atoms with Crippen LogP contribution in [0.15, 0.2) is 42.5 Å². The SMILES string of the molecule is COc1ccc(OCCCC(=O)Nc2ccc3c(c2)OC(C)(C)C(=O)N3)cc1. The first-order valence-electron chi connectivity index (χ1n) is 9.08. The van der Waals surface area contributed by atoms with Crippen LogP contribution in [0.2, 0.25) is 0 Å². The van der Waals surface area contributed by atoms with Crippen LogP contribution in [-0.2, 0) is 9.59 Å². The first-order chi connectivity index (χ1) is 13.4. The fourth-order valence-corrected chi connectivity index (χ4v) is 2.70. The molecule has 1 aliphatic heterocycles. The summed E-state index contributed by atoms with van der Waals surface area (Å²) in [4.78, 5) is 24.1.